The van der Waals surface area contributed by atoms with Crippen LogP contribution in [-0.2, 0) is 4.79 Å². The number of benzene rings is 1. The zero-order valence-corrected chi connectivity index (χ0v) is 10.9. The molecule has 2 unspecified atom stereocenters. The van der Waals surface area contributed by atoms with Gasteiger partial charge >= 0.3 is 0 Å². The van der Waals surface area contributed by atoms with Crippen molar-refractivity contribution in [2.24, 2.45) is 17.6 Å². The highest BCUT2D eigenvalue weighted by atomic mass is 16.1. The Morgan fingerprint density at radius 3 is 2.44 bits per heavy atom. The van der Waals surface area contributed by atoms with Gasteiger partial charge in [-0.1, -0.05) is 37.3 Å². The van der Waals surface area contributed by atoms with E-state index in [0.717, 1.165) is 25.9 Å². The maximum absolute atomic E-state index is 11.6. The highest BCUT2D eigenvalue weighted by Crippen LogP contribution is 2.36. The summed E-state index contributed by atoms with van der Waals surface area (Å²) in [7, 11) is 0. The number of rotatable bonds is 4. The molecular formula is C15H22N2O. The Balaban J connectivity index is 2.25. The van der Waals surface area contributed by atoms with Gasteiger partial charge in [0.05, 0.1) is 0 Å². The summed E-state index contributed by atoms with van der Waals surface area (Å²) in [5.74, 6) is 0.514. The number of carbonyl (C=O) groups excluding carboxylic acids is 1. The van der Waals surface area contributed by atoms with Crippen molar-refractivity contribution in [1.82, 2.24) is 5.32 Å². The van der Waals surface area contributed by atoms with Crippen molar-refractivity contribution >= 4 is 5.91 Å². The molecule has 3 nitrogen and oxygen atoms in total. The lowest BCUT2D eigenvalue weighted by Gasteiger charge is -2.34. The molecule has 2 rings (SSSR count). The molecule has 1 fully saturated rings. The fraction of sp³-hybridized carbons (Fsp3) is 0.533. The summed E-state index contributed by atoms with van der Waals surface area (Å²) in [4.78, 5) is 11.6. The number of primary amides is 1. The Bertz CT molecular complexity index is 385. The highest BCUT2D eigenvalue weighted by Gasteiger charge is 2.31. The smallest absolute Gasteiger partial charge is 0.220 e. The van der Waals surface area contributed by atoms with E-state index in [1.54, 1.807) is 0 Å². The molecule has 1 aliphatic rings. The van der Waals surface area contributed by atoms with E-state index in [1.807, 2.05) is 25.1 Å². The molecule has 1 saturated heterocycles. The van der Waals surface area contributed by atoms with Crippen LogP contribution in [0, 0.1) is 11.8 Å². The molecule has 1 amide bonds. The van der Waals surface area contributed by atoms with Gasteiger partial charge in [-0.15, -0.1) is 0 Å². The fourth-order valence-electron chi connectivity index (χ4n) is 3.02. The monoisotopic (exact) mass is 246 g/mol. The third-order valence-electron chi connectivity index (χ3n) is 4.06. The summed E-state index contributed by atoms with van der Waals surface area (Å²) in [6.45, 7) is 4.04. The average Bonchev–Trinajstić information content (AvgIpc) is 2.41. The lowest BCUT2D eigenvalue weighted by molar-refractivity contribution is -0.122. The molecule has 2 atom stereocenters. The quantitative estimate of drug-likeness (QED) is 0.852. The van der Waals surface area contributed by atoms with Crippen LogP contribution < -0.4 is 11.1 Å². The minimum Gasteiger partial charge on any atom is -0.369 e. The molecular weight excluding hydrogens is 224 g/mol. The lowest BCUT2D eigenvalue weighted by atomic mass is 9.73. The summed E-state index contributed by atoms with van der Waals surface area (Å²) >= 11 is 0. The number of nitrogens with one attached hydrogen (secondary N) is 1. The van der Waals surface area contributed by atoms with Crippen LogP contribution in [0.1, 0.15) is 31.2 Å². The zero-order valence-electron chi connectivity index (χ0n) is 10.9. The second-order valence-corrected chi connectivity index (χ2v) is 5.21. The van der Waals surface area contributed by atoms with Gasteiger partial charge in [0.1, 0.15) is 0 Å². The van der Waals surface area contributed by atoms with Gasteiger partial charge in [-0.3, -0.25) is 4.79 Å². The molecule has 1 aromatic carbocycles. The molecule has 3 heteroatoms. The van der Waals surface area contributed by atoms with Crippen LogP contribution in [0.4, 0.5) is 0 Å². The highest BCUT2D eigenvalue weighted by molar-refractivity contribution is 5.77. The number of nitrogens with two attached hydrogens (primary N) is 1. The number of carbonyl (C=O) groups is 1. The number of hydrogen-bond acceptors (Lipinski definition) is 2. The van der Waals surface area contributed by atoms with E-state index in [4.69, 9.17) is 5.73 Å². The summed E-state index contributed by atoms with van der Waals surface area (Å²) in [6, 6.07) is 10.3. The Morgan fingerprint density at radius 2 is 1.89 bits per heavy atom. The normalized spacial score (nSPS) is 20.3. The first-order chi connectivity index (χ1) is 8.70. The molecule has 18 heavy (non-hydrogen) atoms. The van der Waals surface area contributed by atoms with E-state index < -0.39 is 0 Å². The molecule has 0 aliphatic carbocycles. The molecule has 1 aliphatic heterocycles. The Kier molecular flexibility index (Phi) is 4.37. The first kappa shape index (κ1) is 13.1. The van der Waals surface area contributed by atoms with Gasteiger partial charge in [-0.25, -0.2) is 0 Å². The van der Waals surface area contributed by atoms with Gasteiger partial charge in [0.25, 0.3) is 0 Å². The molecule has 1 heterocycles. The fourth-order valence-corrected chi connectivity index (χ4v) is 3.02. The first-order valence-electron chi connectivity index (χ1n) is 6.75. The van der Waals surface area contributed by atoms with Crippen molar-refractivity contribution < 1.29 is 4.79 Å². The van der Waals surface area contributed by atoms with Crippen molar-refractivity contribution in [2.45, 2.75) is 25.7 Å². The minimum absolute atomic E-state index is 0.101. The summed E-state index contributed by atoms with van der Waals surface area (Å²) in [6.07, 6.45) is 2.24. The van der Waals surface area contributed by atoms with Crippen LogP contribution in [0.5, 0.6) is 0 Å². The van der Waals surface area contributed by atoms with Gasteiger partial charge in [-0.05, 0) is 43.3 Å². The van der Waals surface area contributed by atoms with Crippen LogP contribution in [0.2, 0.25) is 0 Å². The van der Waals surface area contributed by atoms with Gasteiger partial charge in [0.2, 0.25) is 5.91 Å². The predicted octanol–water partition coefficient (Wildman–Crippen LogP) is 1.89. The molecule has 1 aromatic rings. The zero-order chi connectivity index (χ0) is 13.0. The van der Waals surface area contributed by atoms with Crippen LogP contribution in [0.15, 0.2) is 30.3 Å². The van der Waals surface area contributed by atoms with E-state index in [-0.39, 0.29) is 17.7 Å². The van der Waals surface area contributed by atoms with Crippen molar-refractivity contribution in [1.29, 1.82) is 0 Å². The van der Waals surface area contributed by atoms with Gasteiger partial charge in [0, 0.05) is 5.92 Å². The van der Waals surface area contributed by atoms with Crippen LogP contribution >= 0.6 is 0 Å². The summed E-state index contributed by atoms with van der Waals surface area (Å²) < 4.78 is 0. The van der Waals surface area contributed by atoms with E-state index in [2.05, 4.69) is 17.4 Å². The Hall–Kier alpha value is -1.35. The third-order valence-corrected chi connectivity index (χ3v) is 4.06. The number of amides is 1. The molecule has 3 N–H and O–H groups in total. The largest absolute Gasteiger partial charge is 0.369 e. The predicted molar refractivity (Wildman–Crippen MR) is 73.1 cm³/mol. The number of hydrogen-bond donors (Lipinski definition) is 2. The van der Waals surface area contributed by atoms with Gasteiger partial charge < -0.3 is 11.1 Å². The van der Waals surface area contributed by atoms with E-state index in [0.29, 0.717) is 5.92 Å². The minimum atomic E-state index is -0.192. The third kappa shape index (κ3) is 2.91. The SMILES string of the molecule is CC(C(N)=O)C(c1ccccc1)C1CCNCC1. The average molecular weight is 246 g/mol. The topological polar surface area (TPSA) is 55.1 Å². The maximum Gasteiger partial charge on any atom is 0.220 e. The molecule has 0 bridgehead atoms. The second kappa shape index (κ2) is 6.01. The second-order valence-electron chi connectivity index (χ2n) is 5.21. The van der Waals surface area contributed by atoms with Crippen LogP contribution in [-0.4, -0.2) is 19.0 Å². The molecule has 98 valence electrons. The molecule has 0 spiro atoms. The summed E-state index contributed by atoms with van der Waals surface area (Å²) in [5.41, 5.74) is 6.77. The molecule has 0 aromatic heterocycles. The van der Waals surface area contributed by atoms with Crippen molar-refractivity contribution in [2.75, 3.05) is 13.1 Å². The van der Waals surface area contributed by atoms with Crippen molar-refractivity contribution in [3.63, 3.8) is 0 Å². The Morgan fingerprint density at radius 1 is 1.28 bits per heavy atom. The van der Waals surface area contributed by atoms with Crippen molar-refractivity contribution in [3.05, 3.63) is 35.9 Å². The molecule has 0 saturated carbocycles. The van der Waals surface area contributed by atoms with E-state index in [9.17, 15) is 4.79 Å². The Labute approximate surface area is 109 Å². The molecule has 0 radical (unpaired) electrons. The maximum atomic E-state index is 11.6. The summed E-state index contributed by atoms with van der Waals surface area (Å²) in [5, 5.41) is 3.37. The van der Waals surface area contributed by atoms with E-state index >= 15 is 0 Å². The van der Waals surface area contributed by atoms with E-state index in [1.165, 1.54) is 5.56 Å². The van der Waals surface area contributed by atoms with Crippen LogP contribution in [0.25, 0.3) is 0 Å². The lowest BCUT2D eigenvalue weighted by Crippen LogP contribution is -2.36. The van der Waals surface area contributed by atoms with Crippen LogP contribution in [0.3, 0.4) is 0 Å². The first-order valence-corrected chi connectivity index (χ1v) is 6.75. The van der Waals surface area contributed by atoms with Crippen molar-refractivity contribution in [3.8, 4) is 0 Å². The standard InChI is InChI=1S/C15H22N2O/c1-11(15(16)18)14(12-5-3-2-4-6-12)13-7-9-17-10-8-13/h2-6,11,13-14,17H,7-10H2,1H3,(H2,16,18). The van der Waals surface area contributed by atoms with Gasteiger partial charge in [0.15, 0.2) is 0 Å². The van der Waals surface area contributed by atoms with Gasteiger partial charge in [-0.2, -0.15) is 0 Å². The number of piperidine rings is 1.